The second kappa shape index (κ2) is 9.17. The zero-order valence-electron chi connectivity index (χ0n) is 12.0. The number of nitrogens with one attached hydrogen (secondary N) is 1. The van der Waals surface area contributed by atoms with Gasteiger partial charge in [-0.25, -0.2) is 0 Å². The van der Waals surface area contributed by atoms with Crippen molar-refractivity contribution in [2.24, 2.45) is 0 Å². The maximum atomic E-state index is 11.6. The summed E-state index contributed by atoms with van der Waals surface area (Å²) in [5, 5.41) is 2.71. The highest BCUT2D eigenvalue weighted by atomic mass is 79.9. The highest BCUT2D eigenvalue weighted by Gasteiger charge is 2.16. The van der Waals surface area contributed by atoms with Gasteiger partial charge in [0.05, 0.1) is 11.9 Å². The van der Waals surface area contributed by atoms with E-state index < -0.39 is 5.97 Å². The number of benzene rings is 1. The summed E-state index contributed by atoms with van der Waals surface area (Å²) in [5.74, 6) is -0.515. The van der Waals surface area contributed by atoms with Crippen LogP contribution in [-0.4, -0.2) is 43.5 Å². The average molecular weight is 388 g/mol. The van der Waals surface area contributed by atoms with Gasteiger partial charge in [0.25, 0.3) is 5.91 Å². The molecule has 1 heterocycles. The molecule has 1 saturated heterocycles. The molecule has 0 unspecified atom stereocenters. The lowest BCUT2D eigenvalue weighted by molar-refractivity contribution is -0.146. The summed E-state index contributed by atoms with van der Waals surface area (Å²) in [7, 11) is 0. The van der Waals surface area contributed by atoms with Crippen LogP contribution < -0.4 is 5.32 Å². The van der Waals surface area contributed by atoms with Crippen molar-refractivity contribution >= 4 is 39.6 Å². The molecule has 2 rings (SSSR count). The first kappa shape index (κ1) is 17.3. The van der Waals surface area contributed by atoms with Crippen LogP contribution >= 0.6 is 27.7 Å². The van der Waals surface area contributed by atoms with Gasteiger partial charge in [0.2, 0.25) is 0 Å². The molecule has 1 amide bonds. The van der Waals surface area contributed by atoms with E-state index in [1.54, 1.807) is 0 Å². The van der Waals surface area contributed by atoms with Crippen molar-refractivity contribution in [2.75, 3.05) is 25.5 Å². The van der Waals surface area contributed by atoms with Crippen molar-refractivity contribution in [3.63, 3.8) is 0 Å². The molecule has 0 saturated carbocycles. The Hall–Kier alpha value is -1.05. The predicted octanol–water partition coefficient (Wildman–Crippen LogP) is 2.38. The molecule has 1 atom stereocenters. The van der Waals surface area contributed by atoms with Gasteiger partial charge < -0.3 is 14.8 Å². The fourth-order valence-electron chi connectivity index (χ4n) is 1.94. The third-order valence-electron chi connectivity index (χ3n) is 3.09. The molecule has 120 valence electrons. The highest BCUT2D eigenvalue weighted by Crippen LogP contribution is 2.20. The zero-order chi connectivity index (χ0) is 15.8. The van der Waals surface area contributed by atoms with Crippen molar-refractivity contribution in [1.29, 1.82) is 0 Å². The van der Waals surface area contributed by atoms with Crippen LogP contribution in [0.15, 0.2) is 33.6 Å². The van der Waals surface area contributed by atoms with Gasteiger partial charge in [0.1, 0.15) is 0 Å². The first-order valence-corrected chi connectivity index (χ1v) is 8.83. The summed E-state index contributed by atoms with van der Waals surface area (Å²) in [5.41, 5.74) is 0. The molecule has 0 aromatic heterocycles. The van der Waals surface area contributed by atoms with E-state index in [1.165, 1.54) is 11.8 Å². The molecule has 22 heavy (non-hydrogen) atoms. The van der Waals surface area contributed by atoms with Crippen LogP contribution in [0.25, 0.3) is 0 Å². The Morgan fingerprint density at radius 1 is 1.36 bits per heavy atom. The fraction of sp³-hybridized carbons (Fsp3) is 0.467. The van der Waals surface area contributed by atoms with Crippen LogP contribution in [-0.2, 0) is 19.1 Å². The summed E-state index contributed by atoms with van der Waals surface area (Å²) in [4.78, 5) is 24.1. The molecular weight excluding hydrogens is 370 g/mol. The van der Waals surface area contributed by atoms with E-state index in [1.807, 2.05) is 24.3 Å². The van der Waals surface area contributed by atoms with E-state index in [2.05, 4.69) is 21.2 Å². The Bertz CT molecular complexity index is 503. The number of carbonyl (C=O) groups excluding carboxylic acids is 2. The van der Waals surface area contributed by atoms with E-state index in [4.69, 9.17) is 9.47 Å². The molecule has 1 aliphatic rings. The van der Waals surface area contributed by atoms with Gasteiger partial charge in [-0.05, 0) is 37.1 Å². The molecular formula is C15H18BrNO4S. The monoisotopic (exact) mass is 387 g/mol. The minimum absolute atomic E-state index is 0.0904. The number of rotatable bonds is 7. The van der Waals surface area contributed by atoms with Gasteiger partial charge in [-0.15, -0.1) is 11.8 Å². The lowest BCUT2D eigenvalue weighted by Crippen LogP contribution is -2.35. The topological polar surface area (TPSA) is 64.6 Å². The smallest absolute Gasteiger partial charge is 0.316 e. The minimum atomic E-state index is -0.403. The van der Waals surface area contributed by atoms with Gasteiger partial charge in [-0.2, -0.15) is 0 Å². The minimum Gasteiger partial charge on any atom is -0.455 e. The quantitative estimate of drug-likeness (QED) is 0.574. The van der Waals surface area contributed by atoms with Crippen LogP contribution in [0.5, 0.6) is 0 Å². The molecule has 7 heteroatoms. The van der Waals surface area contributed by atoms with Crippen LogP contribution in [0.4, 0.5) is 0 Å². The van der Waals surface area contributed by atoms with Crippen molar-refractivity contribution in [3.05, 3.63) is 28.7 Å². The Morgan fingerprint density at radius 3 is 2.82 bits per heavy atom. The van der Waals surface area contributed by atoms with E-state index in [9.17, 15) is 9.59 Å². The predicted molar refractivity (Wildman–Crippen MR) is 87.8 cm³/mol. The fourth-order valence-corrected chi connectivity index (χ4v) is 2.91. The molecule has 1 aromatic rings. The Labute approximate surface area is 142 Å². The highest BCUT2D eigenvalue weighted by molar-refractivity contribution is 9.10. The average Bonchev–Trinajstić information content (AvgIpc) is 3.04. The number of esters is 1. The first-order chi connectivity index (χ1) is 10.6. The standard InChI is InChI=1S/C15H18BrNO4S/c16-11-3-5-13(6-4-11)22-10-15(19)21-9-14(18)17-8-12-2-1-7-20-12/h3-6,12H,1-2,7-10H2,(H,17,18)/t12-/m0/s1. The van der Waals surface area contributed by atoms with Crippen LogP contribution in [0.2, 0.25) is 0 Å². The number of amides is 1. The molecule has 0 spiro atoms. The first-order valence-electron chi connectivity index (χ1n) is 7.06. The third-order valence-corrected chi connectivity index (χ3v) is 4.60. The van der Waals surface area contributed by atoms with Crippen LogP contribution in [0.3, 0.4) is 0 Å². The van der Waals surface area contributed by atoms with E-state index in [0.717, 1.165) is 28.8 Å². The SMILES string of the molecule is O=C(COC(=O)CSc1ccc(Br)cc1)NC[C@@H]1CCCO1. The molecule has 1 aliphatic heterocycles. The van der Waals surface area contributed by atoms with Crippen molar-refractivity contribution in [2.45, 2.75) is 23.8 Å². The number of ether oxygens (including phenoxy) is 2. The number of carbonyl (C=O) groups is 2. The van der Waals surface area contributed by atoms with Crippen molar-refractivity contribution in [1.82, 2.24) is 5.32 Å². The largest absolute Gasteiger partial charge is 0.455 e. The second-order valence-electron chi connectivity index (χ2n) is 4.84. The summed E-state index contributed by atoms with van der Waals surface area (Å²) < 4.78 is 11.3. The number of thioether (sulfide) groups is 1. The lowest BCUT2D eigenvalue weighted by atomic mass is 10.2. The summed E-state index contributed by atoms with van der Waals surface area (Å²) in [6.07, 6.45) is 2.08. The summed E-state index contributed by atoms with van der Waals surface area (Å²) in [6.45, 7) is 0.985. The second-order valence-corrected chi connectivity index (χ2v) is 6.81. The Kier molecular flexibility index (Phi) is 7.21. The van der Waals surface area contributed by atoms with Crippen molar-refractivity contribution in [3.8, 4) is 0 Å². The third kappa shape index (κ3) is 6.37. The lowest BCUT2D eigenvalue weighted by Gasteiger charge is -2.10. The van der Waals surface area contributed by atoms with E-state index in [0.29, 0.717) is 6.54 Å². The van der Waals surface area contributed by atoms with Gasteiger partial charge in [-0.3, -0.25) is 9.59 Å². The normalized spacial score (nSPS) is 17.2. The number of hydrogen-bond donors (Lipinski definition) is 1. The van der Waals surface area contributed by atoms with Gasteiger partial charge in [-0.1, -0.05) is 15.9 Å². The summed E-state index contributed by atoms with van der Waals surface area (Å²) >= 11 is 4.73. The number of hydrogen-bond acceptors (Lipinski definition) is 5. The Morgan fingerprint density at radius 2 is 2.14 bits per heavy atom. The van der Waals surface area contributed by atoms with Crippen LogP contribution in [0, 0.1) is 0 Å². The maximum Gasteiger partial charge on any atom is 0.316 e. The Balaban J connectivity index is 1.58. The molecule has 0 radical (unpaired) electrons. The molecule has 1 fully saturated rings. The summed E-state index contributed by atoms with van der Waals surface area (Å²) in [6, 6.07) is 7.64. The van der Waals surface area contributed by atoms with Crippen molar-refractivity contribution < 1.29 is 19.1 Å². The van der Waals surface area contributed by atoms with Gasteiger partial charge in [0.15, 0.2) is 6.61 Å². The zero-order valence-corrected chi connectivity index (χ0v) is 14.5. The van der Waals surface area contributed by atoms with Crippen LogP contribution in [0.1, 0.15) is 12.8 Å². The molecule has 0 aliphatic carbocycles. The number of halogens is 1. The molecule has 5 nitrogen and oxygen atoms in total. The molecule has 0 bridgehead atoms. The van der Waals surface area contributed by atoms with E-state index >= 15 is 0 Å². The van der Waals surface area contributed by atoms with Gasteiger partial charge >= 0.3 is 5.97 Å². The molecule has 1 N–H and O–H groups in total. The maximum absolute atomic E-state index is 11.6. The van der Waals surface area contributed by atoms with Gasteiger partial charge in [0, 0.05) is 22.5 Å². The molecule has 1 aromatic carbocycles. The van der Waals surface area contributed by atoms with E-state index in [-0.39, 0.29) is 24.4 Å².